The molecule has 0 saturated carbocycles. The molecule has 138 valence electrons. The number of piperidine rings is 1. The molecular formula is C11H20N4O7S2. The Morgan fingerprint density at radius 2 is 1.88 bits per heavy atom. The van der Waals surface area contributed by atoms with Crippen LogP contribution in [-0.4, -0.2) is 66.6 Å². The van der Waals surface area contributed by atoms with Crippen molar-refractivity contribution in [3.8, 4) is 0 Å². The predicted molar refractivity (Wildman–Crippen MR) is 82.9 cm³/mol. The average Bonchev–Trinajstić information content (AvgIpc) is 2.60. The molecule has 2 heterocycles. The molecule has 2 bridgehead atoms. The first-order chi connectivity index (χ1) is 10.7. The van der Waals surface area contributed by atoms with Gasteiger partial charge in [-0.15, -0.1) is 4.28 Å². The Morgan fingerprint density at radius 1 is 1.29 bits per heavy atom. The summed E-state index contributed by atoms with van der Waals surface area (Å²) in [6.45, 7) is 4.49. The molecule has 0 aromatic heterocycles. The monoisotopic (exact) mass is 384 g/mol. The molecule has 24 heavy (non-hydrogen) atoms. The van der Waals surface area contributed by atoms with Gasteiger partial charge in [0.1, 0.15) is 5.84 Å². The van der Waals surface area contributed by atoms with E-state index in [1.807, 2.05) is 0 Å². The fourth-order valence-corrected chi connectivity index (χ4v) is 3.62. The summed E-state index contributed by atoms with van der Waals surface area (Å²) >= 11 is 0. The van der Waals surface area contributed by atoms with Crippen molar-refractivity contribution in [3.05, 3.63) is 0 Å². The molecule has 11 nitrogen and oxygen atoms in total. The highest BCUT2D eigenvalue weighted by Gasteiger charge is 2.49. The van der Waals surface area contributed by atoms with E-state index in [1.54, 1.807) is 0 Å². The highest BCUT2D eigenvalue weighted by Crippen LogP contribution is 2.31. The van der Waals surface area contributed by atoms with E-state index in [1.165, 1.54) is 20.8 Å². The number of carbonyl (C=O) groups excluding carboxylic acids is 1. The molecule has 2 atom stereocenters. The van der Waals surface area contributed by atoms with Crippen LogP contribution in [0.5, 0.6) is 0 Å². The number of urea groups is 1. The third-order valence-electron chi connectivity index (χ3n) is 3.88. The lowest BCUT2D eigenvalue weighted by Crippen LogP contribution is -2.53. The molecule has 0 aromatic rings. The molecule has 13 heteroatoms. The van der Waals surface area contributed by atoms with Gasteiger partial charge in [-0.25, -0.2) is 13.2 Å². The van der Waals surface area contributed by atoms with Gasteiger partial charge in [-0.2, -0.15) is 13.5 Å². The third kappa shape index (κ3) is 3.63. The first kappa shape index (κ1) is 18.9. The Hall–Kier alpha value is -1.44. The molecule has 3 N–H and O–H groups in total. The van der Waals surface area contributed by atoms with E-state index in [0.29, 0.717) is 11.5 Å². The number of sulfonamides is 1. The minimum absolute atomic E-state index is 0.0681. The summed E-state index contributed by atoms with van der Waals surface area (Å²) in [6.07, 6.45) is 0.551. The van der Waals surface area contributed by atoms with Crippen LogP contribution in [0.25, 0.3) is 0 Å². The van der Waals surface area contributed by atoms with Crippen molar-refractivity contribution in [1.82, 2.24) is 14.7 Å². The summed E-state index contributed by atoms with van der Waals surface area (Å²) in [6, 6.07) is -2.29. The Labute approximate surface area is 140 Å². The van der Waals surface area contributed by atoms with Gasteiger partial charge in [0.25, 0.3) is 0 Å². The number of nitrogens with one attached hydrogen (secondary N) is 2. The van der Waals surface area contributed by atoms with Crippen LogP contribution in [-0.2, 0) is 24.7 Å². The maximum absolute atomic E-state index is 12.2. The number of carbonyl (C=O) groups is 1. The summed E-state index contributed by atoms with van der Waals surface area (Å²) in [4.78, 5) is 13.4. The third-order valence-corrected chi connectivity index (χ3v) is 6.33. The van der Waals surface area contributed by atoms with Crippen LogP contribution >= 0.6 is 0 Å². The maximum atomic E-state index is 12.2. The summed E-state index contributed by atoms with van der Waals surface area (Å²) in [5, 5.41) is 8.54. The smallest absolute Gasteiger partial charge is 0.310 e. The van der Waals surface area contributed by atoms with Crippen LogP contribution in [0.1, 0.15) is 33.6 Å². The van der Waals surface area contributed by atoms with Gasteiger partial charge in [0.2, 0.25) is 10.0 Å². The highest BCUT2D eigenvalue weighted by atomic mass is 32.3. The SMILES string of the molecule is CC(C)(C)S(=O)(=O)NC(=N)C1CCC2CN1C(=O)N2OS(=O)(=O)O. The molecule has 2 fully saturated rings. The zero-order chi connectivity index (χ0) is 18.5. The van der Waals surface area contributed by atoms with Crippen molar-refractivity contribution < 1.29 is 30.5 Å². The first-order valence-corrected chi connectivity index (χ1v) is 9.95. The number of hydrogen-bond acceptors (Lipinski definition) is 7. The lowest BCUT2D eigenvalue weighted by molar-refractivity contribution is -0.0316. The second-order valence-electron chi connectivity index (χ2n) is 6.64. The zero-order valence-electron chi connectivity index (χ0n) is 13.4. The van der Waals surface area contributed by atoms with E-state index in [-0.39, 0.29) is 18.8 Å². The van der Waals surface area contributed by atoms with Crippen molar-refractivity contribution in [2.45, 2.75) is 50.4 Å². The Kier molecular flexibility index (Phi) is 4.58. The van der Waals surface area contributed by atoms with Gasteiger partial charge in [-0.3, -0.25) is 14.7 Å². The summed E-state index contributed by atoms with van der Waals surface area (Å²) in [5.74, 6) is -0.370. The van der Waals surface area contributed by atoms with Gasteiger partial charge in [0, 0.05) is 6.54 Å². The summed E-state index contributed by atoms with van der Waals surface area (Å²) in [7, 11) is -8.67. The molecule has 2 unspecified atom stereocenters. The van der Waals surface area contributed by atoms with Crippen LogP contribution in [0.15, 0.2) is 0 Å². The lowest BCUT2D eigenvalue weighted by atomic mass is 10.0. The molecule has 0 aliphatic carbocycles. The number of hydroxylamine groups is 2. The van der Waals surface area contributed by atoms with E-state index < -0.39 is 43.3 Å². The Balaban J connectivity index is 2.16. The van der Waals surface area contributed by atoms with Crippen LogP contribution < -0.4 is 4.72 Å². The molecule has 2 aliphatic heterocycles. The number of nitrogens with zero attached hydrogens (tertiary/aromatic N) is 2. The van der Waals surface area contributed by atoms with Gasteiger partial charge in [-0.05, 0) is 33.6 Å². The maximum Gasteiger partial charge on any atom is 0.418 e. The second-order valence-corrected chi connectivity index (χ2v) is 10.1. The van der Waals surface area contributed by atoms with E-state index >= 15 is 0 Å². The van der Waals surface area contributed by atoms with Crippen molar-refractivity contribution in [2.24, 2.45) is 0 Å². The van der Waals surface area contributed by atoms with Crippen LogP contribution in [0.2, 0.25) is 0 Å². The zero-order valence-corrected chi connectivity index (χ0v) is 15.0. The van der Waals surface area contributed by atoms with Gasteiger partial charge >= 0.3 is 16.4 Å². The predicted octanol–water partition coefficient (Wildman–Crippen LogP) is -0.315. The van der Waals surface area contributed by atoms with Crippen molar-refractivity contribution in [3.63, 3.8) is 0 Å². The first-order valence-electron chi connectivity index (χ1n) is 7.10. The van der Waals surface area contributed by atoms with Crippen LogP contribution in [0, 0.1) is 5.41 Å². The minimum Gasteiger partial charge on any atom is -0.310 e. The highest BCUT2D eigenvalue weighted by molar-refractivity contribution is 7.91. The summed E-state index contributed by atoms with van der Waals surface area (Å²) < 4.78 is 60.0. The molecule has 2 aliphatic rings. The van der Waals surface area contributed by atoms with Gasteiger partial charge < -0.3 is 4.90 Å². The number of rotatable bonds is 4. The van der Waals surface area contributed by atoms with E-state index in [9.17, 15) is 21.6 Å². The van der Waals surface area contributed by atoms with E-state index in [0.717, 1.165) is 4.90 Å². The largest absolute Gasteiger partial charge is 0.418 e. The van der Waals surface area contributed by atoms with E-state index in [2.05, 4.69) is 9.01 Å². The molecule has 0 radical (unpaired) electrons. The average molecular weight is 384 g/mol. The molecule has 0 spiro atoms. The number of hydrogen-bond donors (Lipinski definition) is 3. The lowest BCUT2D eigenvalue weighted by Gasteiger charge is -2.32. The van der Waals surface area contributed by atoms with Crippen molar-refractivity contribution in [1.29, 1.82) is 5.41 Å². The van der Waals surface area contributed by atoms with Gasteiger partial charge in [-0.1, -0.05) is 0 Å². The number of amides is 2. The molecule has 2 amide bonds. The summed E-state index contributed by atoms with van der Waals surface area (Å²) in [5.41, 5.74) is 0. The number of fused-ring (bicyclic) bond motifs is 2. The van der Waals surface area contributed by atoms with Crippen LogP contribution in [0.3, 0.4) is 0 Å². The molecule has 0 aromatic carbocycles. The molecule has 2 rings (SSSR count). The number of amidine groups is 1. The van der Waals surface area contributed by atoms with Crippen molar-refractivity contribution >= 4 is 32.3 Å². The van der Waals surface area contributed by atoms with E-state index in [4.69, 9.17) is 9.96 Å². The van der Waals surface area contributed by atoms with Crippen LogP contribution in [0.4, 0.5) is 4.79 Å². The van der Waals surface area contributed by atoms with Gasteiger partial charge in [0.15, 0.2) is 0 Å². The topological polar surface area (TPSA) is 157 Å². The quantitative estimate of drug-likeness (QED) is 0.340. The fourth-order valence-electron chi connectivity index (χ4n) is 2.50. The molecular weight excluding hydrogens is 364 g/mol. The fraction of sp³-hybridized carbons (Fsp3) is 0.818. The Bertz CT molecular complexity index is 756. The van der Waals surface area contributed by atoms with Gasteiger partial charge in [0.05, 0.1) is 16.8 Å². The second kappa shape index (κ2) is 5.82. The van der Waals surface area contributed by atoms with Crippen molar-refractivity contribution in [2.75, 3.05) is 6.54 Å². The minimum atomic E-state index is -4.85. The normalized spacial score (nSPS) is 25.1. The standard InChI is InChI=1S/C11H20N4O7S2/c1-11(2,3)23(17,18)13-9(12)8-5-4-7-6-14(8)10(16)15(7)22-24(19,20)21/h7-8H,4-6H2,1-3H3,(H2,12,13)(H,19,20,21). The Morgan fingerprint density at radius 3 is 2.38 bits per heavy atom. The molecule has 2 saturated heterocycles.